The van der Waals surface area contributed by atoms with Gasteiger partial charge >= 0.3 is 0 Å². The van der Waals surface area contributed by atoms with Crippen molar-refractivity contribution in [3.05, 3.63) is 38.8 Å². The van der Waals surface area contributed by atoms with Crippen LogP contribution in [0.5, 0.6) is 0 Å². The van der Waals surface area contributed by atoms with Gasteiger partial charge in [0.2, 0.25) is 0 Å². The molecule has 0 saturated heterocycles. The third-order valence-corrected chi connectivity index (χ3v) is 3.83. The van der Waals surface area contributed by atoms with Crippen molar-refractivity contribution < 1.29 is 0 Å². The van der Waals surface area contributed by atoms with Gasteiger partial charge in [0.05, 0.1) is 11.7 Å². The molecule has 80 valence electrons. The van der Waals surface area contributed by atoms with E-state index in [2.05, 4.69) is 26.5 Å². The molecule has 1 unspecified atom stereocenters. The average Bonchev–Trinajstić information content (AvgIpc) is 2.78. The summed E-state index contributed by atoms with van der Waals surface area (Å²) in [5.41, 5.74) is 3.70. The fourth-order valence-electron chi connectivity index (χ4n) is 1.38. The van der Waals surface area contributed by atoms with E-state index < -0.39 is 0 Å². The molecule has 0 radical (unpaired) electrons. The topological polar surface area (TPSA) is 55.9 Å². The van der Waals surface area contributed by atoms with Gasteiger partial charge in [0, 0.05) is 28.0 Å². The highest BCUT2D eigenvalue weighted by molar-refractivity contribution is 9.10. The third-order valence-electron chi connectivity index (χ3n) is 2.07. The minimum absolute atomic E-state index is 0.0394. The van der Waals surface area contributed by atoms with Crippen LogP contribution in [0.1, 0.15) is 16.6 Å². The first-order valence-electron chi connectivity index (χ1n) is 4.40. The molecule has 2 aromatic heterocycles. The normalized spacial score (nSPS) is 13.0. The van der Waals surface area contributed by atoms with Crippen LogP contribution < -0.4 is 11.3 Å². The maximum atomic E-state index is 5.55. The second-order valence-electron chi connectivity index (χ2n) is 3.18. The van der Waals surface area contributed by atoms with Gasteiger partial charge in [-0.15, -0.1) is 11.3 Å². The lowest BCUT2D eigenvalue weighted by molar-refractivity contribution is 0.611. The monoisotopic (exact) mass is 286 g/mol. The highest BCUT2D eigenvalue weighted by Gasteiger charge is 2.16. The summed E-state index contributed by atoms with van der Waals surface area (Å²) in [5.74, 6) is 5.55. The lowest BCUT2D eigenvalue weighted by atomic mass is 10.2. The van der Waals surface area contributed by atoms with Crippen molar-refractivity contribution in [1.82, 2.24) is 15.2 Å². The summed E-state index contributed by atoms with van der Waals surface area (Å²) in [7, 11) is 1.89. The molecule has 0 saturated carbocycles. The van der Waals surface area contributed by atoms with Gasteiger partial charge in [-0.3, -0.25) is 10.5 Å². The molecule has 0 aromatic carbocycles. The number of nitrogens with zero attached hydrogens (tertiary/aromatic N) is 2. The Morgan fingerprint density at radius 2 is 2.47 bits per heavy atom. The van der Waals surface area contributed by atoms with Crippen LogP contribution in [0.3, 0.4) is 0 Å². The number of nitrogens with two attached hydrogens (primary N) is 1. The van der Waals surface area contributed by atoms with E-state index in [1.165, 1.54) is 0 Å². The Morgan fingerprint density at radius 1 is 1.67 bits per heavy atom. The summed E-state index contributed by atoms with van der Waals surface area (Å²) in [5, 5.41) is 6.36. The highest BCUT2D eigenvalue weighted by Crippen LogP contribution is 2.28. The molecule has 0 aliphatic rings. The van der Waals surface area contributed by atoms with Crippen LogP contribution in [0.2, 0.25) is 0 Å². The number of rotatable bonds is 3. The lowest BCUT2D eigenvalue weighted by Crippen LogP contribution is -2.28. The van der Waals surface area contributed by atoms with Crippen LogP contribution in [0.4, 0.5) is 0 Å². The SMILES string of the molecule is Cn1ccc(C(NN)c2cc(Br)cs2)n1. The minimum atomic E-state index is -0.0394. The molecule has 0 amide bonds. The Morgan fingerprint density at radius 3 is 2.93 bits per heavy atom. The molecule has 0 spiro atoms. The summed E-state index contributed by atoms with van der Waals surface area (Å²) < 4.78 is 2.83. The van der Waals surface area contributed by atoms with Crippen LogP contribution in [0, 0.1) is 0 Å². The number of aryl methyl sites for hydroxylation is 1. The predicted octanol–water partition coefficient (Wildman–Crippen LogP) is 1.80. The van der Waals surface area contributed by atoms with Crippen molar-refractivity contribution in [2.45, 2.75) is 6.04 Å². The number of hydrazine groups is 1. The second-order valence-corrected chi connectivity index (χ2v) is 5.04. The second kappa shape index (κ2) is 4.44. The van der Waals surface area contributed by atoms with Crippen LogP contribution in [0.25, 0.3) is 0 Å². The zero-order valence-electron chi connectivity index (χ0n) is 8.14. The van der Waals surface area contributed by atoms with Crippen molar-refractivity contribution >= 4 is 27.3 Å². The van der Waals surface area contributed by atoms with Crippen molar-refractivity contribution in [2.24, 2.45) is 12.9 Å². The van der Waals surface area contributed by atoms with E-state index in [9.17, 15) is 0 Å². The van der Waals surface area contributed by atoms with Gasteiger partial charge in [-0.05, 0) is 28.1 Å². The average molecular weight is 287 g/mol. The molecule has 6 heteroatoms. The Hall–Kier alpha value is -0.690. The van der Waals surface area contributed by atoms with Gasteiger partial charge in [0.15, 0.2) is 0 Å². The summed E-state index contributed by atoms with van der Waals surface area (Å²) in [4.78, 5) is 1.14. The predicted molar refractivity (Wildman–Crippen MR) is 64.4 cm³/mol. The Balaban J connectivity index is 2.32. The van der Waals surface area contributed by atoms with Crippen molar-refractivity contribution in [3.8, 4) is 0 Å². The molecule has 0 aliphatic carbocycles. The van der Waals surface area contributed by atoms with Crippen LogP contribution >= 0.6 is 27.3 Å². The number of thiophene rings is 1. The molecule has 15 heavy (non-hydrogen) atoms. The molecular formula is C9H11BrN4S. The maximum Gasteiger partial charge on any atom is 0.0991 e. The van der Waals surface area contributed by atoms with E-state index in [-0.39, 0.29) is 6.04 Å². The van der Waals surface area contributed by atoms with Crippen LogP contribution in [-0.2, 0) is 7.05 Å². The van der Waals surface area contributed by atoms with Crippen molar-refractivity contribution in [1.29, 1.82) is 0 Å². The maximum absolute atomic E-state index is 5.55. The summed E-state index contributed by atoms with van der Waals surface area (Å²) >= 11 is 5.07. The molecule has 2 rings (SSSR count). The zero-order valence-corrected chi connectivity index (χ0v) is 10.5. The summed E-state index contributed by atoms with van der Waals surface area (Å²) in [6.07, 6.45) is 1.91. The Labute approximate surface area is 100 Å². The van der Waals surface area contributed by atoms with E-state index in [1.54, 1.807) is 16.0 Å². The molecule has 2 aromatic rings. The van der Waals surface area contributed by atoms with Gasteiger partial charge in [0.1, 0.15) is 0 Å². The smallest absolute Gasteiger partial charge is 0.0991 e. The molecule has 4 nitrogen and oxygen atoms in total. The first-order chi connectivity index (χ1) is 7.20. The van der Waals surface area contributed by atoms with Gasteiger partial charge in [0.25, 0.3) is 0 Å². The molecular weight excluding hydrogens is 276 g/mol. The number of hydrogen-bond acceptors (Lipinski definition) is 4. The van der Waals surface area contributed by atoms with Gasteiger partial charge in [-0.25, -0.2) is 5.43 Å². The van der Waals surface area contributed by atoms with E-state index in [0.717, 1.165) is 15.0 Å². The van der Waals surface area contributed by atoms with Crippen LogP contribution in [0.15, 0.2) is 28.2 Å². The molecule has 0 bridgehead atoms. The zero-order chi connectivity index (χ0) is 10.8. The third kappa shape index (κ3) is 2.28. The Bertz CT molecular complexity index is 410. The van der Waals surface area contributed by atoms with E-state index in [0.29, 0.717) is 0 Å². The fraction of sp³-hybridized carbons (Fsp3) is 0.222. The van der Waals surface area contributed by atoms with E-state index >= 15 is 0 Å². The van der Waals surface area contributed by atoms with Crippen molar-refractivity contribution in [2.75, 3.05) is 0 Å². The summed E-state index contributed by atoms with van der Waals surface area (Å²) in [6.45, 7) is 0. The minimum Gasteiger partial charge on any atom is -0.275 e. The molecule has 2 heterocycles. The molecule has 0 aliphatic heterocycles. The van der Waals surface area contributed by atoms with Gasteiger partial charge in [-0.1, -0.05) is 0 Å². The van der Waals surface area contributed by atoms with Crippen molar-refractivity contribution in [3.63, 3.8) is 0 Å². The van der Waals surface area contributed by atoms with Crippen LogP contribution in [-0.4, -0.2) is 9.78 Å². The highest BCUT2D eigenvalue weighted by atomic mass is 79.9. The molecule has 3 N–H and O–H groups in total. The van der Waals surface area contributed by atoms with Gasteiger partial charge in [-0.2, -0.15) is 5.10 Å². The number of aromatic nitrogens is 2. The summed E-state index contributed by atoms with van der Waals surface area (Å²) in [6, 6.07) is 3.96. The quantitative estimate of drug-likeness (QED) is 0.668. The number of hydrogen-bond donors (Lipinski definition) is 2. The largest absolute Gasteiger partial charge is 0.275 e. The van der Waals surface area contributed by atoms with E-state index in [4.69, 9.17) is 5.84 Å². The Kier molecular flexibility index (Phi) is 3.20. The van der Waals surface area contributed by atoms with E-state index in [1.807, 2.05) is 30.8 Å². The fourth-order valence-corrected chi connectivity index (χ4v) is 2.90. The first kappa shape index (κ1) is 10.8. The number of halogens is 1. The first-order valence-corrected chi connectivity index (χ1v) is 6.07. The van der Waals surface area contributed by atoms with Gasteiger partial charge < -0.3 is 0 Å². The molecule has 1 atom stereocenters. The lowest BCUT2D eigenvalue weighted by Gasteiger charge is -2.10. The number of nitrogens with one attached hydrogen (secondary N) is 1. The molecule has 0 fully saturated rings. The standard InChI is InChI=1S/C9H11BrN4S/c1-14-3-2-7(13-14)9(12-11)8-4-6(10)5-15-8/h2-5,9,12H,11H2,1H3.